The molecule has 218 valence electrons. The van der Waals surface area contributed by atoms with Crippen LogP contribution in [0.25, 0.3) is 0 Å². The van der Waals surface area contributed by atoms with Crippen molar-refractivity contribution in [3.8, 4) is 0 Å². The van der Waals surface area contributed by atoms with Crippen molar-refractivity contribution < 1.29 is 24.4 Å². The number of hydrogen-bond acceptors (Lipinski definition) is 5. The van der Waals surface area contributed by atoms with Gasteiger partial charge in [0.1, 0.15) is 0 Å². The monoisotopic (exact) mass is 532 g/mol. The highest BCUT2D eigenvalue weighted by Crippen LogP contribution is 2.89. The second-order valence-electron chi connectivity index (χ2n) is 16.6. The molecular weight excluding hydrogens is 476 g/mol. The van der Waals surface area contributed by atoms with E-state index < -0.39 is 0 Å². The van der Waals surface area contributed by atoms with Gasteiger partial charge in [-0.15, -0.1) is 0 Å². The van der Waals surface area contributed by atoms with Crippen molar-refractivity contribution in [2.45, 2.75) is 136 Å². The lowest BCUT2D eigenvalue weighted by atomic mass is 9.40. The Morgan fingerprint density at radius 2 is 1.61 bits per heavy atom. The van der Waals surface area contributed by atoms with Crippen LogP contribution in [0.3, 0.4) is 0 Å². The highest BCUT2D eigenvalue weighted by molar-refractivity contribution is 5.33. The zero-order chi connectivity index (χ0) is 27.7. The minimum Gasteiger partial charge on any atom is -0.396 e. The van der Waals surface area contributed by atoms with Gasteiger partial charge in [-0.1, -0.05) is 27.7 Å². The summed E-state index contributed by atoms with van der Waals surface area (Å²) in [6.07, 6.45) is 9.99. The minimum atomic E-state index is -0.343. The van der Waals surface area contributed by atoms with Crippen LogP contribution >= 0.6 is 0 Å². The van der Waals surface area contributed by atoms with Gasteiger partial charge < -0.3 is 24.4 Å². The molecule has 0 aromatic rings. The Bertz CT molecular complexity index is 963. The van der Waals surface area contributed by atoms with E-state index in [-0.39, 0.29) is 58.3 Å². The van der Waals surface area contributed by atoms with Gasteiger partial charge in [-0.3, -0.25) is 0 Å². The van der Waals surface area contributed by atoms with Crippen LogP contribution in [0, 0.1) is 50.7 Å². The lowest BCUT2D eigenvalue weighted by molar-refractivity contribution is -0.214. The summed E-state index contributed by atoms with van der Waals surface area (Å²) in [4.78, 5) is 0. The van der Waals surface area contributed by atoms with Crippen LogP contribution in [-0.2, 0) is 14.2 Å². The first kappa shape index (κ1) is 27.9. The molecule has 2 N–H and O–H groups in total. The van der Waals surface area contributed by atoms with E-state index in [0.29, 0.717) is 28.6 Å². The Kier molecular flexibility index (Phi) is 6.04. The van der Waals surface area contributed by atoms with Crippen molar-refractivity contribution in [3.05, 3.63) is 0 Å². The molecule has 6 rings (SSSR count). The van der Waals surface area contributed by atoms with Gasteiger partial charge >= 0.3 is 0 Å². The highest BCUT2D eigenvalue weighted by atomic mass is 16.6. The molecule has 5 nitrogen and oxygen atoms in total. The highest BCUT2D eigenvalue weighted by Gasteiger charge is 2.84. The number of methoxy groups -OCH3 is 2. The molecule has 5 aliphatic carbocycles. The van der Waals surface area contributed by atoms with E-state index in [4.69, 9.17) is 14.2 Å². The Labute approximate surface area is 231 Å². The summed E-state index contributed by atoms with van der Waals surface area (Å²) >= 11 is 0. The smallest absolute Gasteiger partial charge is 0.0883 e. The van der Waals surface area contributed by atoms with E-state index >= 15 is 0 Å². The summed E-state index contributed by atoms with van der Waals surface area (Å²) in [7, 11) is 3.71. The molecule has 0 aromatic heterocycles. The molecule has 0 aromatic carbocycles. The van der Waals surface area contributed by atoms with Crippen LogP contribution in [-0.4, -0.2) is 60.6 Å². The molecule has 1 aliphatic heterocycles. The average molecular weight is 533 g/mol. The molecule has 1 saturated heterocycles. The molecule has 6 aliphatic rings. The van der Waals surface area contributed by atoms with Crippen LogP contribution in [0.4, 0.5) is 0 Å². The number of ether oxygens (including phenoxy) is 3. The molecule has 5 heteroatoms. The Morgan fingerprint density at radius 1 is 0.895 bits per heavy atom. The zero-order valence-corrected chi connectivity index (χ0v) is 25.7. The van der Waals surface area contributed by atoms with Gasteiger partial charge in [0, 0.05) is 26.7 Å². The molecule has 1 heterocycles. The molecule has 12 atom stereocenters. The van der Waals surface area contributed by atoms with Gasteiger partial charge in [0.25, 0.3) is 0 Å². The third kappa shape index (κ3) is 3.12. The van der Waals surface area contributed by atoms with E-state index in [2.05, 4.69) is 48.5 Å². The maximum Gasteiger partial charge on any atom is 0.0883 e. The second kappa shape index (κ2) is 8.21. The normalized spacial score (nSPS) is 57.1. The summed E-state index contributed by atoms with van der Waals surface area (Å²) in [6.45, 7) is 16.7. The predicted octanol–water partition coefficient (Wildman–Crippen LogP) is 5.99. The Hall–Kier alpha value is -0.200. The fraction of sp³-hybridized carbons (Fsp3) is 1.00. The van der Waals surface area contributed by atoms with E-state index in [1.54, 1.807) is 7.11 Å². The van der Waals surface area contributed by atoms with Crippen molar-refractivity contribution in [2.24, 2.45) is 50.7 Å². The fourth-order valence-electron chi connectivity index (χ4n) is 12.9. The maximum absolute atomic E-state index is 11.9. The first-order valence-electron chi connectivity index (χ1n) is 15.7. The third-order valence-electron chi connectivity index (χ3n) is 15.1. The number of aliphatic hydroxyl groups is 2. The van der Waals surface area contributed by atoms with Crippen LogP contribution in [0.1, 0.15) is 106 Å². The molecule has 0 amide bonds. The lowest BCUT2D eigenvalue weighted by Gasteiger charge is -2.65. The van der Waals surface area contributed by atoms with Crippen molar-refractivity contribution in [3.63, 3.8) is 0 Å². The maximum atomic E-state index is 11.9. The van der Waals surface area contributed by atoms with E-state index in [1.165, 1.54) is 25.7 Å². The minimum absolute atomic E-state index is 0.0237. The largest absolute Gasteiger partial charge is 0.396 e. The molecule has 0 unspecified atom stereocenters. The van der Waals surface area contributed by atoms with Crippen LogP contribution < -0.4 is 0 Å². The van der Waals surface area contributed by atoms with Gasteiger partial charge in [0.15, 0.2) is 0 Å². The van der Waals surface area contributed by atoms with Gasteiger partial charge in [0.2, 0.25) is 0 Å². The molecule has 2 spiro atoms. The summed E-state index contributed by atoms with van der Waals surface area (Å²) in [5.41, 5.74) is 0.196. The summed E-state index contributed by atoms with van der Waals surface area (Å²) < 4.78 is 19.2. The standard InChI is InChI=1S/C33H56O5/c1-27(2)20(18-34)10-13-33-19-32(33)15-14-29(5)25(31(7)12-11-24(38-31)28(3,4)37-9)21(35)17-30(29,6)23(32)16-22(36-8)26(27)33/h20-26,34-35H,10-19H2,1-9H3/t20-,21+,22+,23+,24+,25+,26+,29-,30+,31-,32+,33-/m1/s1. The van der Waals surface area contributed by atoms with E-state index in [0.717, 1.165) is 32.1 Å². The first-order valence-corrected chi connectivity index (χ1v) is 15.7. The summed E-state index contributed by atoms with van der Waals surface area (Å²) in [5, 5.41) is 22.2. The fourth-order valence-corrected chi connectivity index (χ4v) is 12.9. The SMILES string of the molecule is CO[C@H]1C[C@@H]2[C@]3(CC[C@]4(C)[C@@H]([C@@]5(C)CC[C@@H](C(C)(C)OC)O5)[C@@H](O)C[C@@]24C)C[C@@]32CC[C@H](CO)C(C)(C)[C@H]12. The van der Waals surface area contributed by atoms with E-state index in [1.807, 2.05) is 7.11 Å². The molecule has 38 heavy (non-hydrogen) atoms. The summed E-state index contributed by atoms with van der Waals surface area (Å²) in [6, 6.07) is 0. The number of fused-ring (bicyclic) bond motifs is 2. The van der Waals surface area contributed by atoms with Crippen molar-refractivity contribution in [1.29, 1.82) is 0 Å². The molecule has 5 saturated carbocycles. The molecule has 0 bridgehead atoms. The molecule has 0 radical (unpaired) electrons. The zero-order valence-electron chi connectivity index (χ0n) is 25.7. The number of aliphatic hydroxyl groups excluding tert-OH is 2. The first-order chi connectivity index (χ1) is 17.6. The van der Waals surface area contributed by atoms with Gasteiger partial charge in [-0.25, -0.2) is 0 Å². The average Bonchev–Trinajstić information content (AvgIpc) is 3.22. The quantitative estimate of drug-likeness (QED) is 0.455. The van der Waals surface area contributed by atoms with Crippen LogP contribution in [0.15, 0.2) is 0 Å². The number of hydrogen-bond donors (Lipinski definition) is 2. The van der Waals surface area contributed by atoms with E-state index in [9.17, 15) is 10.2 Å². The third-order valence-corrected chi connectivity index (χ3v) is 15.1. The van der Waals surface area contributed by atoms with Crippen LogP contribution in [0.2, 0.25) is 0 Å². The van der Waals surface area contributed by atoms with Crippen LogP contribution in [0.5, 0.6) is 0 Å². The number of rotatable bonds is 5. The Morgan fingerprint density at radius 3 is 2.24 bits per heavy atom. The van der Waals surface area contributed by atoms with Crippen molar-refractivity contribution >= 4 is 0 Å². The Balaban J connectivity index is 1.36. The molecular formula is C33H56O5. The lowest BCUT2D eigenvalue weighted by Crippen LogP contribution is -2.62. The second-order valence-corrected chi connectivity index (χ2v) is 16.6. The van der Waals surface area contributed by atoms with Crippen molar-refractivity contribution in [1.82, 2.24) is 0 Å². The summed E-state index contributed by atoms with van der Waals surface area (Å²) in [5.74, 6) is 1.55. The predicted molar refractivity (Wildman–Crippen MR) is 149 cm³/mol. The van der Waals surface area contributed by atoms with Gasteiger partial charge in [-0.2, -0.15) is 0 Å². The van der Waals surface area contributed by atoms with Gasteiger partial charge in [-0.05, 0) is 123 Å². The van der Waals surface area contributed by atoms with Crippen molar-refractivity contribution in [2.75, 3.05) is 20.8 Å². The van der Waals surface area contributed by atoms with Gasteiger partial charge in [0.05, 0.1) is 29.5 Å². The topological polar surface area (TPSA) is 68.2 Å². The molecule has 6 fully saturated rings.